The zero-order valence-electron chi connectivity index (χ0n) is 20.3. The first-order chi connectivity index (χ1) is 18.5. The molecule has 1 atom stereocenters. The highest BCUT2D eigenvalue weighted by Gasteiger charge is 2.31. The van der Waals surface area contributed by atoms with Crippen LogP contribution in [0.1, 0.15) is 29.4 Å². The molecule has 6 rings (SSSR count). The molecule has 2 aliphatic rings. The van der Waals surface area contributed by atoms with Gasteiger partial charge in [-0.15, -0.1) is 0 Å². The zero-order chi connectivity index (χ0) is 26.2. The van der Waals surface area contributed by atoms with Gasteiger partial charge in [-0.2, -0.15) is 5.10 Å². The van der Waals surface area contributed by atoms with Crippen molar-refractivity contribution in [1.29, 1.82) is 0 Å². The SMILES string of the molecule is C=CC(=O)N1CCC[C@@H](n2nc(-c3ccc(NC(=O)c4ccccn4)c4c3OCO4)c3c(N)ncnc32)C1. The molecule has 0 bridgehead atoms. The summed E-state index contributed by atoms with van der Waals surface area (Å²) in [7, 11) is 0. The van der Waals surface area contributed by atoms with Gasteiger partial charge >= 0.3 is 0 Å². The highest BCUT2D eigenvalue weighted by atomic mass is 16.7. The van der Waals surface area contributed by atoms with E-state index >= 15 is 0 Å². The van der Waals surface area contributed by atoms with Crippen molar-refractivity contribution < 1.29 is 19.1 Å². The van der Waals surface area contributed by atoms with E-state index in [9.17, 15) is 9.59 Å². The fourth-order valence-electron chi connectivity index (χ4n) is 4.89. The maximum Gasteiger partial charge on any atom is 0.274 e. The van der Waals surface area contributed by atoms with Gasteiger partial charge in [0.2, 0.25) is 12.7 Å². The second-order valence-corrected chi connectivity index (χ2v) is 8.93. The third kappa shape index (κ3) is 3.95. The maximum atomic E-state index is 12.7. The van der Waals surface area contributed by atoms with E-state index in [1.807, 2.05) is 4.68 Å². The molecule has 0 unspecified atom stereocenters. The summed E-state index contributed by atoms with van der Waals surface area (Å²) in [5.74, 6) is 0.578. The van der Waals surface area contributed by atoms with Crippen LogP contribution in [0.25, 0.3) is 22.3 Å². The molecule has 4 aromatic rings. The minimum atomic E-state index is -0.376. The Morgan fingerprint density at radius 3 is 2.82 bits per heavy atom. The number of aromatic nitrogens is 5. The minimum absolute atomic E-state index is 0.0231. The lowest BCUT2D eigenvalue weighted by Gasteiger charge is -2.32. The van der Waals surface area contributed by atoms with Crippen molar-refractivity contribution in [3.63, 3.8) is 0 Å². The number of carbonyl (C=O) groups is 2. The number of hydrogen-bond acceptors (Lipinski definition) is 9. The number of piperidine rings is 1. The van der Waals surface area contributed by atoms with Crippen LogP contribution in [-0.2, 0) is 4.79 Å². The van der Waals surface area contributed by atoms with E-state index in [1.54, 1.807) is 41.4 Å². The summed E-state index contributed by atoms with van der Waals surface area (Å²) in [6.45, 7) is 4.72. The molecular weight excluding hydrogens is 488 g/mol. The number of nitrogen functional groups attached to an aromatic ring is 1. The van der Waals surface area contributed by atoms with Gasteiger partial charge in [-0.25, -0.2) is 14.6 Å². The Morgan fingerprint density at radius 2 is 2.00 bits per heavy atom. The number of fused-ring (bicyclic) bond motifs is 2. The van der Waals surface area contributed by atoms with Crippen molar-refractivity contribution in [1.82, 2.24) is 29.6 Å². The minimum Gasteiger partial charge on any atom is -0.453 e. The summed E-state index contributed by atoms with van der Waals surface area (Å²) < 4.78 is 13.4. The highest BCUT2D eigenvalue weighted by molar-refractivity contribution is 6.05. The molecule has 0 saturated carbocycles. The van der Waals surface area contributed by atoms with Crippen LogP contribution in [-0.4, -0.2) is 61.3 Å². The molecule has 2 aliphatic heterocycles. The van der Waals surface area contributed by atoms with Crippen LogP contribution in [0.15, 0.2) is 55.5 Å². The number of rotatable bonds is 5. The van der Waals surface area contributed by atoms with Crippen molar-refractivity contribution in [2.45, 2.75) is 18.9 Å². The molecular formula is C26H24N8O4. The van der Waals surface area contributed by atoms with Crippen LogP contribution in [0.4, 0.5) is 11.5 Å². The molecule has 0 aliphatic carbocycles. The van der Waals surface area contributed by atoms with E-state index in [-0.39, 0.29) is 36.2 Å². The molecule has 192 valence electrons. The average Bonchev–Trinajstić information content (AvgIpc) is 3.60. The lowest BCUT2D eigenvalue weighted by atomic mass is 10.1. The number of hydrogen-bond donors (Lipinski definition) is 2. The lowest BCUT2D eigenvalue weighted by molar-refractivity contribution is -0.127. The number of pyridine rings is 1. The van der Waals surface area contributed by atoms with Crippen LogP contribution < -0.4 is 20.5 Å². The Morgan fingerprint density at radius 1 is 1.13 bits per heavy atom. The van der Waals surface area contributed by atoms with E-state index in [1.165, 1.54) is 12.4 Å². The van der Waals surface area contributed by atoms with Gasteiger partial charge in [-0.3, -0.25) is 14.6 Å². The van der Waals surface area contributed by atoms with Gasteiger partial charge in [-0.1, -0.05) is 12.6 Å². The van der Waals surface area contributed by atoms with E-state index in [0.717, 1.165) is 12.8 Å². The Hall–Kier alpha value is -5.00. The van der Waals surface area contributed by atoms with Crippen LogP contribution in [0.5, 0.6) is 11.5 Å². The van der Waals surface area contributed by atoms with Crippen molar-refractivity contribution in [3.05, 3.63) is 61.2 Å². The topological polar surface area (TPSA) is 150 Å². The fraction of sp³-hybridized carbons (Fsp3) is 0.231. The molecule has 0 spiro atoms. The van der Waals surface area contributed by atoms with Crippen molar-refractivity contribution >= 4 is 34.4 Å². The normalized spacial score (nSPS) is 16.4. The second-order valence-electron chi connectivity index (χ2n) is 8.93. The van der Waals surface area contributed by atoms with Crippen LogP contribution in [0.3, 0.4) is 0 Å². The Balaban J connectivity index is 1.41. The number of likely N-dealkylation sites (tertiary alicyclic amines) is 1. The summed E-state index contributed by atoms with van der Waals surface area (Å²) in [4.78, 5) is 39.5. The first-order valence-electron chi connectivity index (χ1n) is 12.1. The van der Waals surface area contributed by atoms with Crippen molar-refractivity contribution in [2.75, 3.05) is 30.9 Å². The fourth-order valence-corrected chi connectivity index (χ4v) is 4.89. The molecule has 1 fully saturated rings. The lowest BCUT2D eigenvalue weighted by Crippen LogP contribution is -2.40. The second kappa shape index (κ2) is 9.47. The van der Waals surface area contributed by atoms with Crippen molar-refractivity contribution in [3.8, 4) is 22.8 Å². The summed E-state index contributed by atoms with van der Waals surface area (Å²) in [6.07, 6.45) is 5.91. The molecule has 2 amide bonds. The smallest absolute Gasteiger partial charge is 0.274 e. The quantitative estimate of drug-likeness (QED) is 0.385. The van der Waals surface area contributed by atoms with Gasteiger partial charge in [0.15, 0.2) is 17.1 Å². The van der Waals surface area contributed by atoms with Crippen LogP contribution in [0.2, 0.25) is 0 Å². The van der Waals surface area contributed by atoms with Crippen LogP contribution in [0, 0.1) is 0 Å². The monoisotopic (exact) mass is 512 g/mol. The van der Waals surface area contributed by atoms with E-state index in [0.29, 0.717) is 52.6 Å². The van der Waals surface area contributed by atoms with Gasteiger partial charge in [0.25, 0.3) is 5.91 Å². The molecule has 1 aromatic carbocycles. The molecule has 12 heteroatoms. The summed E-state index contributed by atoms with van der Waals surface area (Å²) in [5.41, 5.74) is 8.74. The molecule has 1 saturated heterocycles. The largest absolute Gasteiger partial charge is 0.453 e. The number of nitrogens with zero attached hydrogens (tertiary/aromatic N) is 6. The maximum absolute atomic E-state index is 12.7. The number of carbonyl (C=O) groups excluding carboxylic acids is 2. The zero-order valence-corrected chi connectivity index (χ0v) is 20.3. The van der Waals surface area contributed by atoms with E-state index in [2.05, 4.69) is 26.8 Å². The Labute approximate surface area is 217 Å². The predicted octanol–water partition coefficient (Wildman–Crippen LogP) is 2.80. The number of nitrogens with two attached hydrogens (primary N) is 1. The summed E-state index contributed by atoms with van der Waals surface area (Å²) in [5, 5.41) is 8.33. The summed E-state index contributed by atoms with van der Waals surface area (Å²) in [6, 6.07) is 8.50. The average molecular weight is 513 g/mol. The number of anilines is 2. The molecule has 3 N–H and O–H groups in total. The van der Waals surface area contributed by atoms with Gasteiger partial charge in [-0.05, 0) is 43.2 Å². The number of amides is 2. The first kappa shape index (κ1) is 23.4. The first-order valence-corrected chi connectivity index (χ1v) is 12.1. The van der Waals surface area contributed by atoms with Crippen LogP contribution >= 0.6 is 0 Å². The van der Waals surface area contributed by atoms with Gasteiger partial charge in [0.1, 0.15) is 23.5 Å². The molecule has 0 radical (unpaired) electrons. The number of ether oxygens (including phenoxy) is 2. The number of benzene rings is 1. The Bertz CT molecular complexity index is 1570. The molecule has 12 nitrogen and oxygen atoms in total. The predicted molar refractivity (Wildman–Crippen MR) is 139 cm³/mol. The van der Waals surface area contributed by atoms with Gasteiger partial charge < -0.3 is 25.4 Å². The highest BCUT2D eigenvalue weighted by Crippen LogP contribution is 2.48. The third-order valence-electron chi connectivity index (χ3n) is 6.67. The standard InChI is InChI=1S/C26H24N8O4/c1-2-19(35)33-11-5-6-15(12-33)34-25-20(24(27)29-13-30-25)21(32-34)16-8-9-17(23-22(16)37-14-38-23)31-26(36)18-7-3-4-10-28-18/h2-4,7-10,13,15H,1,5-6,11-12,14H2,(H,31,36)(H2,27,29,30)/t15-/m1/s1. The molecule has 5 heterocycles. The molecule has 38 heavy (non-hydrogen) atoms. The third-order valence-corrected chi connectivity index (χ3v) is 6.67. The Kier molecular flexibility index (Phi) is 5.83. The van der Waals surface area contributed by atoms with Crippen molar-refractivity contribution in [2.24, 2.45) is 0 Å². The van der Waals surface area contributed by atoms with Gasteiger partial charge in [0, 0.05) is 24.8 Å². The molecule has 3 aromatic heterocycles. The van der Waals surface area contributed by atoms with Gasteiger partial charge in [0.05, 0.1) is 17.1 Å². The number of nitrogens with one attached hydrogen (secondary N) is 1. The van der Waals surface area contributed by atoms with E-state index < -0.39 is 0 Å². The summed E-state index contributed by atoms with van der Waals surface area (Å²) >= 11 is 0. The van der Waals surface area contributed by atoms with E-state index in [4.69, 9.17) is 20.3 Å².